The number of nitrogens with zero attached hydrogens (tertiary/aromatic N) is 3. The highest BCUT2D eigenvalue weighted by Crippen LogP contribution is 2.31. The molecule has 0 amide bonds. The van der Waals surface area contributed by atoms with Crippen LogP contribution in [0.2, 0.25) is 0 Å². The fraction of sp³-hybridized carbons (Fsp3) is 0.214. The summed E-state index contributed by atoms with van der Waals surface area (Å²) in [5.41, 5.74) is 5.70. The van der Waals surface area contributed by atoms with E-state index in [9.17, 15) is 0 Å². The molecule has 7 heteroatoms. The van der Waals surface area contributed by atoms with Gasteiger partial charge in [-0.1, -0.05) is 30.0 Å². The Morgan fingerprint density at radius 2 is 2.05 bits per heavy atom. The van der Waals surface area contributed by atoms with Crippen LogP contribution in [-0.4, -0.2) is 21.2 Å². The number of thioether (sulfide) groups is 1. The Balaban J connectivity index is 1.85. The molecule has 1 atom stereocenters. The first kappa shape index (κ1) is 14.1. The molecule has 108 valence electrons. The van der Waals surface area contributed by atoms with Gasteiger partial charge < -0.3 is 11.1 Å². The molecule has 0 aliphatic carbocycles. The minimum Gasteiger partial charge on any atom is -0.368 e. The van der Waals surface area contributed by atoms with E-state index in [1.807, 2.05) is 12.3 Å². The van der Waals surface area contributed by atoms with E-state index in [0.717, 1.165) is 0 Å². The van der Waals surface area contributed by atoms with Crippen molar-refractivity contribution in [3.05, 3.63) is 35.2 Å². The van der Waals surface area contributed by atoms with Crippen LogP contribution in [0.3, 0.4) is 0 Å². The molecule has 3 rings (SSSR count). The maximum Gasteiger partial charge on any atom is 0.228 e. The second kappa shape index (κ2) is 5.87. The van der Waals surface area contributed by atoms with Gasteiger partial charge in [0, 0.05) is 9.58 Å². The summed E-state index contributed by atoms with van der Waals surface area (Å²) >= 11 is 3.21. The number of nitrogens with two attached hydrogens (primary N) is 1. The van der Waals surface area contributed by atoms with Gasteiger partial charge in [0.1, 0.15) is 0 Å². The molecule has 0 bridgehead atoms. The van der Waals surface area contributed by atoms with Crippen molar-refractivity contribution in [3.8, 4) is 0 Å². The molecule has 0 saturated heterocycles. The lowest BCUT2D eigenvalue weighted by Gasteiger charge is -2.12. The number of aromatic nitrogens is 3. The Bertz CT molecular complexity index is 738. The van der Waals surface area contributed by atoms with Crippen LogP contribution in [0.5, 0.6) is 0 Å². The van der Waals surface area contributed by atoms with Crippen molar-refractivity contribution in [1.29, 1.82) is 0 Å². The summed E-state index contributed by atoms with van der Waals surface area (Å²) in [7, 11) is 0. The smallest absolute Gasteiger partial charge is 0.228 e. The minimum absolute atomic E-state index is 0.110. The normalized spacial score (nSPS) is 12.5. The average Bonchev–Trinajstić information content (AvgIpc) is 2.90. The second-order valence-electron chi connectivity index (χ2n) is 4.56. The second-order valence-corrected chi connectivity index (χ2v) is 6.45. The van der Waals surface area contributed by atoms with E-state index in [-0.39, 0.29) is 12.0 Å². The monoisotopic (exact) mass is 317 g/mol. The average molecular weight is 317 g/mol. The molecule has 1 aromatic carbocycles. The third kappa shape index (κ3) is 3.08. The standard InChI is InChI=1S/C14H15N5S2/c1-8(11-7-9-5-3-4-6-10(9)21-11)16-13-17-12(15)18-14(19-13)20-2/h3-8H,1-2H3,(H3,15,16,17,18,19). The predicted molar refractivity (Wildman–Crippen MR) is 89.9 cm³/mol. The van der Waals surface area contributed by atoms with Crippen molar-refractivity contribution in [2.24, 2.45) is 0 Å². The number of nitrogens with one attached hydrogen (secondary N) is 1. The van der Waals surface area contributed by atoms with Gasteiger partial charge in [0.2, 0.25) is 11.9 Å². The Labute approximate surface area is 131 Å². The molecule has 0 fully saturated rings. The van der Waals surface area contributed by atoms with Crippen molar-refractivity contribution in [1.82, 2.24) is 15.0 Å². The Hall–Kier alpha value is -1.86. The predicted octanol–water partition coefficient (Wildman–Crippen LogP) is 3.56. The van der Waals surface area contributed by atoms with Crippen LogP contribution < -0.4 is 11.1 Å². The zero-order chi connectivity index (χ0) is 14.8. The van der Waals surface area contributed by atoms with Crippen molar-refractivity contribution in [3.63, 3.8) is 0 Å². The van der Waals surface area contributed by atoms with Crippen molar-refractivity contribution in [2.45, 2.75) is 18.1 Å². The summed E-state index contributed by atoms with van der Waals surface area (Å²) in [4.78, 5) is 13.7. The molecular formula is C14H15N5S2. The van der Waals surface area contributed by atoms with Crippen molar-refractivity contribution in [2.75, 3.05) is 17.3 Å². The summed E-state index contributed by atoms with van der Waals surface area (Å²) in [5, 5.41) is 5.16. The molecule has 0 aliphatic rings. The Kier molecular flexibility index (Phi) is 3.94. The fourth-order valence-corrected chi connectivity index (χ4v) is 3.44. The molecule has 3 aromatic rings. The van der Waals surface area contributed by atoms with E-state index < -0.39 is 0 Å². The van der Waals surface area contributed by atoms with E-state index in [0.29, 0.717) is 11.1 Å². The van der Waals surface area contributed by atoms with E-state index in [4.69, 9.17) is 5.73 Å². The largest absolute Gasteiger partial charge is 0.368 e. The van der Waals surface area contributed by atoms with Crippen LogP contribution in [-0.2, 0) is 0 Å². The lowest BCUT2D eigenvalue weighted by atomic mass is 10.2. The summed E-state index contributed by atoms with van der Waals surface area (Å²) < 4.78 is 1.28. The van der Waals surface area contributed by atoms with E-state index >= 15 is 0 Å². The van der Waals surface area contributed by atoms with E-state index in [1.165, 1.54) is 26.7 Å². The SMILES string of the molecule is CSc1nc(N)nc(NC(C)c2cc3ccccc3s2)n1. The highest BCUT2D eigenvalue weighted by Gasteiger charge is 2.12. The quantitative estimate of drug-likeness (QED) is 0.716. The molecule has 0 aliphatic heterocycles. The van der Waals surface area contributed by atoms with Crippen LogP contribution in [0, 0.1) is 0 Å². The van der Waals surface area contributed by atoms with Gasteiger partial charge in [-0.2, -0.15) is 15.0 Å². The molecular weight excluding hydrogens is 302 g/mol. The Morgan fingerprint density at radius 3 is 2.81 bits per heavy atom. The maximum atomic E-state index is 5.70. The molecule has 0 saturated carbocycles. The van der Waals surface area contributed by atoms with Crippen LogP contribution in [0.1, 0.15) is 17.8 Å². The number of anilines is 2. The number of thiophene rings is 1. The molecule has 3 N–H and O–H groups in total. The first-order valence-electron chi connectivity index (χ1n) is 6.46. The molecule has 21 heavy (non-hydrogen) atoms. The molecule has 0 radical (unpaired) electrons. The van der Waals surface area contributed by atoms with Gasteiger partial charge in [-0.3, -0.25) is 0 Å². The van der Waals surface area contributed by atoms with Crippen LogP contribution >= 0.6 is 23.1 Å². The number of hydrogen-bond acceptors (Lipinski definition) is 7. The van der Waals surface area contributed by atoms with Gasteiger partial charge in [0.25, 0.3) is 0 Å². The van der Waals surface area contributed by atoms with Crippen molar-refractivity contribution < 1.29 is 0 Å². The number of nitrogen functional groups attached to an aromatic ring is 1. The zero-order valence-electron chi connectivity index (χ0n) is 11.7. The molecule has 2 aromatic heterocycles. The molecule has 0 spiro atoms. The number of hydrogen-bond donors (Lipinski definition) is 2. The highest BCUT2D eigenvalue weighted by molar-refractivity contribution is 7.98. The first-order chi connectivity index (χ1) is 10.2. The molecule has 1 unspecified atom stereocenters. The van der Waals surface area contributed by atoms with Gasteiger partial charge in [-0.05, 0) is 30.7 Å². The topological polar surface area (TPSA) is 76.7 Å². The minimum atomic E-state index is 0.110. The molecule has 2 heterocycles. The number of benzene rings is 1. The van der Waals surface area contributed by atoms with Crippen LogP contribution in [0.4, 0.5) is 11.9 Å². The number of rotatable bonds is 4. The summed E-state index contributed by atoms with van der Waals surface area (Å²) in [6.45, 7) is 2.09. The van der Waals surface area contributed by atoms with Crippen LogP contribution in [0.25, 0.3) is 10.1 Å². The lowest BCUT2D eigenvalue weighted by molar-refractivity contribution is 0.844. The van der Waals surface area contributed by atoms with E-state index in [2.05, 4.69) is 51.5 Å². The van der Waals surface area contributed by atoms with Gasteiger partial charge >= 0.3 is 0 Å². The van der Waals surface area contributed by atoms with E-state index in [1.54, 1.807) is 11.3 Å². The maximum absolute atomic E-state index is 5.70. The third-order valence-electron chi connectivity index (χ3n) is 3.03. The lowest BCUT2D eigenvalue weighted by Crippen LogP contribution is -2.10. The summed E-state index contributed by atoms with van der Waals surface area (Å²) in [5.74, 6) is 0.747. The van der Waals surface area contributed by atoms with Gasteiger partial charge in [0.15, 0.2) is 5.16 Å². The Morgan fingerprint density at radius 1 is 1.24 bits per heavy atom. The highest BCUT2D eigenvalue weighted by atomic mass is 32.2. The third-order valence-corrected chi connectivity index (χ3v) is 4.88. The van der Waals surface area contributed by atoms with Crippen molar-refractivity contribution >= 4 is 45.1 Å². The molecule has 5 nitrogen and oxygen atoms in total. The number of fused-ring (bicyclic) bond motifs is 1. The fourth-order valence-electron chi connectivity index (χ4n) is 2.01. The first-order valence-corrected chi connectivity index (χ1v) is 8.50. The van der Waals surface area contributed by atoms with Gasteiger partial charge in [0.05, 0.1) is 6.04 Å². The van der Waals surface area contributed by atoms with Gasteiger partial charge in [-0.25, -0.2) is 0 Å². The zero-order valence-corrected chi connectivity index (χ0v) is 13.3. The van der Waals surface area contributed by atoms with Gasteiger partial charge in [-0.15, -0.1) is 11.3 Å². The van der Waals surface area contributed by atoms with Crippen LogP contribution in [0.15, 0.2) is 35.5 Å². The summed E-state index contributed by atoms with van der Waals surface area (Å²) in [6, 6.07) is 10.7. The summed E-state index contributed by atoms with van der Waals surface area (Å²) in [6.07, 6.45) is 1.91.